The molecule has 0 spiro atoms. The van der Waals surface area contributed by atoms with Gasteiger partial charge in [-0.05, 0) is 18.6 Å². The molecule has 1 atom stereocenters. The minimum Gasteiger partial charge on any atom is -0.489 e. The second-order valence-corrected chi connectivity index (χ2v) is 6.65. The quantitative estimate of drug-likeness (QED) is 0.870. The van der Waals surface area contributed by atoms with Crippen LogP contribution in [0.1, 0.15) is 36.8 Å². The van der Waals surface area contributed by atoms with Gasteiger partial charge in [-0.3, -0.25) is 0 Å². The molecule has 0 radical (unpaired) electrons. The lowest BCUT2D eigenvalue weighted by Gasteiger charge is -2.18. The fourth-order valence-corrected chi connectivity index (χ4v) is 4.05. The number of hydrogen-bond donors (Lipinski definition) is 1. The Labute approximate surface area is 122 Å². The number of ether oxygens (including phenoxy) is 2. The van der Waals surface area contributed by atoms with Crippen LogP contribution in [0.3, 0.4) is 0 Å². The topological polar surface area (TPSA) is 47.1 Å². The van der Waals surface area contributed by atoms with E-state index in [1.165, 1.54) is 25.0 Å². The van der Waals surface area contributed by atoms with Gasteiger partial charge in [0.15, 0.2) is 11.5 Å². The smallest absolute Gasteiger partial charge is 0.163 e. The van der Waals surface area contributed by atoms with Gasteiger partial charge in [-0.15, -0.1) is 0 Å². The van der Waals surface area contributed by atoms with Crippen LogP contribution in [0.4, 0.5) is 0 Å². The third-order valence-electron chi connectivity index (χ3n) is 3.85. The molecule has 20 heavy (non-hydrogen) atoms. The normalized spacial score (nSPS) is 22.7. The van der Waals surface area contributed by atoms with Gasteiger partial charge in [0, 0.05) is 18.6 Å². The number of hydrogen-bond acceptors (Lipinski definition) is 4. The summed E-state index contributed by atoms with van der Waals surface area (Å²) in [6.07, 6.45) is 4.78. The molecule has 0 amide bonds. The Kier molecular flexibility index (Phi) is 3.22. The van der Waals surface area contributed by atoms with Gasteiger partial charge in [0.25, 0.3) is 0 Å². The van der Waals surface area contributed by atoms with Crippen molar-refractivity contribution in [3.63, 3.8) is 0 Å². The SMILES string of the molecule is c1c2c(cc3[nH]c(C4CCCCS4)nc13)OCCCO2. The van der Waals surface area contributed by atoms with Gasteiger partial charge >= 0.3 is 0 Å². The zero-order valence-corrected chi connectivity index (χ0v) is 12.2. The van der Waals surface area contributed by atoms with Crippen molar-refractivity contribution < 1.29 is 9.47 Å². The number of imidazole rings is 1. The maximum atomic E-state index is 5.73. The molecule has 5 heteroatoms. The van der Waals surface area contributed by atoms with E-state index in [-0.39, 0.29) is 0 Å². The summed E-state index contributed by atoms with van der Waals surface area (Å²) in [5.41, 5.74) is 2.03. The third kappa shape index (κ3) is 2.24. The number of nitrogens with one attached hydrogen (secondary N) is 1. The van der Waals surface area contributed by atoms with Crippen molar-refractivity contribution in [3.8, 4) is 11.5 Å². The molecule has 2 aliphatic rings. The summed E-state index contributed by atoms with van der Waals surface area (Å²) in [6, 6.07) is 4.03. The van der Waals surface area contributed by atoms with E-state index in [2.05, 4.69) is 4.98 Å². The van der Waals surface area contributed by atoms with E-state index in [1.807, 2.05) is 23.9 Å². The highest BCUT2D eigenvalue weighted by atomic mass is 32.2. The van der Waals surface area contributed by atoms with Crippen LogP contribution in [-0.4, -0.2) is 28.9 Å². The third-order valence-corrected chi connectivity index (χ3v) is 5.24. The molecular formula is C15H18N2O2S. The molecule has 1 N–H and O–H groups in total. The van der Waals surface area contributed by atoms with E-state index in [9.17, 15) is 0 Å². The van der Waals surface area contributed by atoms with Crippen LogP contribution in [-0.2, 0) is 0 Å². The Morgan fingerprint density at radius 1 is 1.10 bits per heavy atom. The molecule has 1 unspecified atom stereocenters. The second kappa shape index (κ2) is 5.20. The zero-order valence-electron chi connectivity index (χ0n) is 11.4. The minimum absolute atomic E-state index is 0.512. The number of rotatable bonds is 1. The molecule has 106 valence electrons. The highest BCUT2D eigenvalue weighted by Gasteiger charge is 2.21. The average molecular weight is 290 g/mol. The van der Waals surface area contributed by atoms with Crippen LogP contribution in [0.15, 0.2) is 12.1 Å². The maximum Gasteiger partial charge on any atom is 0.163 e. The number of benzene rings is 1. The molecule has 0 aliphatic carbocycles. The average Bonchev–Trinajstić information content (AvgIpc) is 2.76. The van der Waals surface area contributed by atoms with Gasteiger partial charge < -0.3 is 14.5 Å². The van der Waals surface area contributed by atoms with E-state index >= 15 is 0 Å². The summed E-state index contributed by atoms with van der Waals surface area (Å²) in [5, 5.41) is 0.512. The molecule has 1 aromatic carbocycles. The minimum atomic E-state index is 0.512. The van der Waals surface area contributed by atoms with Crippen molar-refractivity contribution in [1.82, 2.24) is 9.97 Å². The molecule has 2 aromatic rings. The van der Waals surface area contributed by atoms with Crippen LogP contribution in [0.2, 0.25) is 0 Å². The Hall–Kier alpha value is -1.36. The number of aromatic amines is 1. The Balaban J connectivity index is 1.72. The molecule has 1 aromatic heterocycles. The van der Waals surface area contributed by atoms with Crippen LogP contribution < -0.4 is 9.47 Å². The lowest BCUT2D eigenvalue weighted by molar-refractivity contribution is 0.297. The van der Waals surface area contributed by atoms with Crippen molar-refractivity contribution in [2.75, 3.05) is 19.0 Å². The van der Waals surface area contributed by atoms with Crippen LogP contribution in [0.25, 0.3) is 11.0 Å². The highest BCUT2D eigenvalue weighted by Crippen LogP contribution is 2.39. The van der Waals surface area contributed by atoms with E-state index in [4.69, 9.17) is 14.5 Å². The summed E-state index contributed by atoms with van der Waals surface area (Å²) in [6.45, 7) is 1.44. The number of aromatic nitrogens is 2. The first-order valence-corrected chi connectivity index (χ1v) is 8.36. The number of fused-ring (bicyclic) bond motifs is 2. The van der Waals surface area contributed by atoms with Gasteiger partial charge in [0.2, 0.25) is 0 Å². The Morgan fingerprint density at radius 2 is 1.95 bits per heavy atom. The number of nitrogens with zero attached hydrogens (tertiary/aromatic N) is 1. The predicted octanol–water partition coefficient (Wildman–Crippen LogP) is 3.68. The van der Waals surface area contributed by atoms with Crippen molar-refractivity contribution in [2.45, 2.75) is 30.9 Å². The summed E-state index contributed by atoms with van der Waals surface area (Å²) >= 11 is 2.01. The molecule has 4 nitrogen and oxygen atoms in total. The van der Waals surface area contributed by atoms with Crippen LogP contribution >= 0.6 is 11.8 Å². The molecule has 1 fully saturated rings. The first-order valence-electron chi connectivity index (χ1n) is 7.31. The van der Waals surface area contributed by atoms with Crippen molar-refractivity contribution in [1.29, 1.82) is 0 Å². The largest absolute Gasteiger partial charge is 0.489 e. The molecule has 3 heterocycles. The molecule has 0 bridgehead atoms. The molecule has 0 saturated carbocycles. The lowest BCUT2D eigenvalue weighted by Crippen LogP contribution is -2.03. The van der Waals surface area contributed by atoms with E-state index < -0.39 is 0 Å². The molecule has 4 rings (SSSR count). The predicted molar refractivity (Wildman–Crippen MR) is 80.8 cm³/mol. The van der Waals surface area contributed by atoms with E-state index in [1.54, 1.807) is 0 Å². The summed E-state index contributed by atoms with van der Waals surface area (Å²) in [5.74, 6) is 4.00. The molecule has 1 saturated heterocycles. The zero-order chi connectivity index (χ0) is 13.4. The van der Waals surface area contributed by atoms with Crippen molar-refractivity contribution in [3.05, 3.63) is 18.0 Å². The van der Waals surface area contributed by atoms with Gasteiger partial charge in [-0.1, -0.05) is 6.42 Å². The number of thioether (sulfide) groups is 1. The number of H-pyrrole nitrogens is 1. The van der Waals surface area contributed by atoms with Crippen LogP contribution in [0.5, 0.6) is 11.5 Å². The first-order chi connectivity index (χ1) is 9.90. The van der Waals surface area contributed by atoms with E-state index in [0.717, 1.165) is 41.4 Å². The summed E-state index contributed by atoms with van der Waals surface area (Å²) < 4.78 is 11.5. The fourth-order valence-electron chi connectivity index (χ4n) is 2.80. The van der Waals surface area contributed by atoms with Crippen molar-refractivity contribution >= 4 is 22.8 Å². The standard InChI is InChI=1S/C15H18N2O2S/c1-2-7-20-14(4-1)15-16-10-8-12-13(9-11(10)17-15)19-6-3-5-18-12/h8-9,14H,1-7H2,(H,16,17). The monoisotopic (exact) mass is 290 g/mol. The van der Waals surface area contributed by atoms with Crippen molar-refractivity contribution in [2.24, 2.45) is 0 Å². The van der Waals surface area contributed by atoms with Gasteiger partial charge in [0.1, 0.15) is 5.82 Å². The van der Waals surface area contributed by atoms with Crippen LogP contribution in [0, 0.1) is 0 Å². The van der Waals surface area contributed by atoms with Gasteiger partial charge in [-0.25, -0.2) is 4.98 Å². The van der Waals surface area contributed by atoms with Gasteiger partial charge in [-0.2, -0.15) is 11.8 Å². The molecule has 2 aliphatic heterocycles. The molecular weight excluding hydrogens is 272 g/mol. The van der Waals surface area contributed by atoms with Gasteiger partial charge in [0.05, 0.1) is 29.5 Å². The summed E-state index contributed by atoms with van der Waals surface area (Å²) in [4.78, 5) is 8.23. The lowest BCUT2D eigenvalue weighted by atomic mass is 10.2. The maximum absolute atomic E-state index is 5.73. The second-order valence-electron chi connectivity index (χ2n) is 5.34. The Bertz CT molecular complexity index is 577. The Morgan fingerprint density at radius 3 is 2.75 bits per heavy atom. The van der Waals surface area contributed by atoms with E-state index in [0.29, 0.717) is 11.9 Å². The highest BCUT2D eigenvalue weighted by molar-refractivity contribution is 7.99. The summed E-state index contributed by atoms with van der Waals surface area (Å²) in [7, 11) is 0. The fraction of sp³-hybridized carbons (Fsp3) is 0.533. The first kappa shape index (κ1) is 12.4.